The molecular formula is C13H35N2O4P. The third kappa shape index (κ3) is 23.3. The van der Waals surface area contributed by atoms with Crippen LogP contribution in [-0.2, 0) is 4.52 Å². The van der Waals surface area contributed by atoms with Gasteiger partial charge in [0.15, 0.2) is 0 Å². The lowest BCUT2D eigenvalue weighted by molar-refractivity contribution is 0.214. The molecule has 126 valence electrons. The number of hydrogen-bond donors (Lipinski definition) is 4. The highest BCUT2D eigenvalue weighted by atomic mass is 31.2. The van der Waals surface area contributed by atoms with Crippen molar-refractivity contribution >= 4 is 8.60 Å². The van der Waals surface area contributed by atoms with Crippen LogP contribution in [0.15, 0.2) is 0 Å². The molecule has 0 saturated heterocycles. The summed E-state index contributed by atoms with van der Waals surface area (Å²) in [5, 5.41) is 11.6. The maximum absolute atomic E-state index is 8.49. The first-order valence-corrected chi connectivity index (χ1v) is 8.24. The van der Waals surface area contributed by atoms with Gasteiger partial charge in [-0.2, -0.15) is 0 Å². The van der Waals surface area contributed by atoms with E-state index in [1.807, 2.05) is 39.8 Å². The fraction of sp³-hybridized carbons (Fsp3) is 1.00. The van der Waals surface area contributed by atoms with E-state index in [4.69, 9.17) is 14.9 Å². The van der Waals surface area contributed by atoms with Gasteiger partial charge in [-0.25, -0.2) is 0 Å². The van der Waals surface area contributed by atoms with Crippen LogP contribution in [-0.4, -0.2) is 65.7 Å². The number of aliphatic hydroxyl groups excluding tert-OH is 1. The smallest absolute Gasteiger partial charge is 0.327 e. The van der Waals surface area contributed by atoms with Crippen LogP contribution in [0.25, 0.3) is 0 Å². The van der Waals surface area contributed by atoms with Crippen molar-refractivity contribution in [1.82, 2.24) is 10.2 Å². The van der Waals surface area contributed by atoms with Crippen molar-refractivity contribution in [1.29, 1.82) is 0 Å². The van der Waals surface area contributed by atoms with Crippen LogP contribution >= 0.6 is 8.60 Å². The summed E-state index contributed by atoms with van der Waals surface area (Å²) < 4.78 is 4.55. The maximum Gasteiger partial charge on any atom is 0.327 e. The third-order valence-corrected chi connectivity index (χ3v) is 3.05. The molecule has 0 aromatic heterocycles. The van der Waals surface area contributed by atoms with Crippen molar-refractivity contribution in [2.24, 2.45) is 0 Å². The van der Waals surface area contributed by atoms with E-state index in [9.17, 15) is 0 Å². The molecule has 6 nitrogen and oxygen atoms in total. The highest BCUT2D eigenvalue weighted by Crippen LogP contribution is 2.23. The van der Waals surface area contributed by atoms with Crippen LogP contribution < -0.4 is 5.32 Å². The van der Waals surface area contributed by atoms with Crippen LogP contribution in [0.4, 0.5) is 0 Å². The van der Waals surface area contributed by atoms with Crippen molar-refractivity contribution < 1.29 is 19.4 Å². The van der Waals surface area contributed by atoms with Crippen LogP contribution in [0, 0.1) is 0 Å². The second kappa shape index (κ2) is 17.2. The molecule has 0 heterocycles. The van der Waals surface area contributed by atoms with E-state index in [1.165, 1.54) is 0 Å². The minimum Gasteiger partial charge on any atom is -0.396 e. The van der Waals surface area contributed by atoms with E-state index in [0.29, 0.717) is 6.61 Å². The molecule has 0 spiro atoms. The van der Waals surface area contributed by atoms with Gasteiger partial charge in [0, 0.05) is 18.7 Å². The fourth-order valence-electron chi connectivity index (χ4n) is 0.841. The fourth-order valence-corrected chi connectivity index (χ4v) is 1.09. The Balaban J connectivity index is -0.000000262. The molecule has 20 heavy (non-hydrogen) atoms. The molecule has 0 unspecified atom stereocenters. The standard InChI is InChI=1S/C6H15NO.C5H14NO3P.C2H6/c1-6(2,7-3)4-5-8;1-3-6(2)4-5-9-10(7)8;1-2/h7-8H,4-5H2,1-3H3;7-8H,3-5H2,1-2H3;1-2H3. The van der Waals surface area contributed by atoms with Gasteiger partial charge in [-0.1, -0.05) is 20.8 Å². The van der Waals surface area contributed by atoms with Crippen molar-refractivity contribution in [3.8, 4) is 0 Å². The number of rotatable bonds is 8. The van der Waals surface area contributed by atoms with Crippen LogP contribution in [0.1, 0.15) is 41.0 Å². The predicted octanol–water partition coefficient (Wildman–Crippen LogP) is 1.56. The predicted molar refractivity (Wildman–Crippen MR) is 86.7 cm³/mol. The van der Waals surface area contributed by atoms with E-state index < -0.39 is 8.60 Å². The quantitative estimate of drug-likeness (QED) is 0.509. The molecule has 0 saturated carbocycles. The average Bonchev–Trinajstić information content (AvgIpc) is 2.41. The summed E-state index contributed by atoms with van der Waals surface area (Å²) in [4.78, 5) is 18.7. The monoisotopic (exact) mass is 314 g/mol. The van der Waals surface area contributed by atoms with Gasteiger partial charge in [0.05, 0.1) is 6.61 Å². The molecule has 0 atom stereocenters. The Labute approximate surface area is 126 Å². The van der Waals surface area contributed by atoms with Gasteiger partial charge >= 0.3 is 8.60 Å². The largest absolute Gasteiger partial charge is 0.396 e. The topological polar surface area (TPSA) is 85.2 Å². The molecule has 7 heteroatoms. The van der Waals surface area contributed by atoms with Gasteiger partial charge in [0.25, 0.3) is 0 Å². The van der Waals surface area contributed by atoms with Gasteiger partial charge in [0.2, 0.25) is 0 Å². The molecule has 0 fully saturated rings. The average molecular weight is 314 g/mol. The summed E-state index contributed by atoms with van der Waals surface area (Å²) in [6, 6.07) is 0. The minimum absolute atomic E-state index is 0.0920. The summed E-state index contributed by atoms with van der Waals surface area (Å²) in [5.74, 6) is 0. The number of hydrogen-bond acceptors (Lipinski definition) is 6. The highest BCUT2D eigenvalue weighted by molar-refractivity contribution is 7.39. The Kier molecular flexibility index (Phi) is 21.7. The summed E-state index contributed by atoms with van der Waals surface area (Å²) in [6.07, 6.45) is 0.809. The Morgan fingerprint density at radius 2 is 1.75 bits per heavy atom. The molecule has 4 N–H and O–H groups in total. The summed E-state index contributed by atoms with van der Waals surface area (Å²) in [7, 11) is 1.68. The Morgan fingerprint density at radius 3 is 2.00 bits per heavy atom. The first-order valence-electron chi connectivity index (χ1n) is 7.08. The van der Waals surface area contributed by atoms with Crippen molar-refractivity contribution in [3.05, 3.63) is 0 Å². The van der Waals surface area contributed by atoms with Gasteiger partial charge in [-0.15, -0.1) is 0 Å². The van der Waals surface area contributed by atoms with E-state index >= 15 is 0 Å². The van der Waals surface area contributed by atoms with E-state index in [-0.39, 0.29) is 12.1 Å². The maximum atomic E-state index is 8.49. The second-order valence-corrected chi connectivity index (χ2v) is 5.35. The van der Waals surface area contributed by atoms with E-state index in [0.717, 1.165) is 19.5 Å². The lowest BCUT2D eigenvalue weighted by Gasteiger charge is -2.21. The highest BCUT2D eigenvalue weighted by Gasteiger charge is 2.11. The Bertz CT molecular complexity index is 184. The summed E-state index contributed by atoms with van der Waals surface area (Å²) >= 11 is 0. The van der Waals surface area contributed by atoms with E-state index in [1.54, 1.807) is 0 Å². The number of aliphatic hydroxyl groups is 1. The SMILES string of the molecule is CC.CCN(C)CCOP(O)O.CNC(C)(C)CCO. The van der Waals surface area contributed by atoms with Crippen molar-refractivity contribution in [2.75, 3.05) is 40.4 Å². The number of likely N-dealkylation sites (N-methyl/N-ethyl adjacent to an activating group) is 1. The molecule has 0 aliphatic rings. The first kappa shape index (κ1) is 25.2. The molecule has 0 radical (unpaired) electrons. The van der Waals surface area contributed by atoms with Crippen molar-refractivity contribution in [2.45, 2.75) is 46.6 Å². The lowest BCUT2D eigenvalue weighted by atomic mass is 10.0. The molecule has 0 aromatic rings. The molecule has 0 aromatic carbocycles. The summed E-state index contributed by atoms with van der Waals surface area (Å²) in [5.41, 5.74) is 0.0920. The molecule has 0 bridgehead atoms. The minimum atomic E-state index is -2.16. The zero-order valence-corrected chi connectivity index (χ0v) is 15.1. The van der Waals surface area contributed by atoms with E-state index in [2.05, 4.69) is 23.7 Å². The number of nitrogens with one attached hydrogen (secondary N) is 1. The molecule has 0 amide bonds. The molecular weight excluding hydrogens is 279 g/mol. The third-order valence-electron chi connectivity index (χ3n) is 2.63. The van der Waals surface area contributed by atoms with Gasteiger partial charge in [-0.05, 0) is 40.9 Å². The van der Waals surface area contributed by atoms with Crippen LogP contribution in [0.5, 0.6) is 0 Å². The lowest BCUT2D eigenvalue weighted by Crippen LogP contribution is -2.36. The zero-order valence-electron chi connectivity index (χ0n) is 14.2. The van der Waals surface area contributed by atoms with Crippen molar-refractivity contribution in [3.63, 3.8) is 0 Å². The first-order chi connectivity index (χ1) is 9.29. The normalized spacial score (nSPS) is 10.8. The van der Waals surface area contributed by atoms with Crippen LogP contribution in [0.2, 0.25) is 0 Å². The van der Waals surface area contributed by atoms with Crippen LogP contribution in [0.3, 0.4) is 0 Å². The Hall–Kier alpha value is 0.190. The van der Waals surface area contributed by atoms with Gasteiger partial charge in [-0.3, -0.25) is 0 Å². The van der Waals surface area contributed by atoms with Gasteiger partial charge < -0.3 is 29.6 Å². The summed E-state index contributed by atoms with van der Waals surface area (Å²) in [6.45, 7) is 12.5. The van der Waals surface area contributed by atoms with Gasteiger partial charge in [0.1, 0.15) is 0 Å². The Morgan fingerprint density at radius 1 is 1.25 bits per heavy atom. The molecule has 0 aliphatic carbocycles. The molecule has 0 rings (SSSR count). The number of nitrogens with zero attached hydrogens (tertiary/aromatic N) is 1. The zero-order chi connectivity index (χ0) is 16.6. The molecule has 0 aliphatic heterocycles. The second-order valence-electron chi connectivity index (χ2n) is 4.59.